The van der Waals surface area contributed by atoms with E-state index in [2.05, 4.69) is 10.1 Å². The topological polar surface area (TPSA) is 88.7 Å². The maximum absolute atomic E-state index is 12.5. The van der Waals surface area contributed by atoms with Crippen molar-refractivity contribution in [1.82, 2.24) is 15.0 Å². The van der Waals surface area contributed by atoms with Crippen molar-refractivity contribution < 1.29 is 19.2 Å². The highest BCUT2D eigenvalue weighted by Crippen LogP contribution is 2.31. The van der Waals surface area contributed by atoms with E-state index < -0.39 is 6.10 Å². The van der Waals surface area contributed by atoms with Crippen molar-refractivity contribution in [1.29, 1.82) is 0 Å². The molecule has 1 aliphatic rings. The number of β-amino-alcohol motifs (C(OH)–C–C–N with tert-alkyl or cyclic N) is 1. The van der Waals surface area contributed by atoms with Gasteiger partial charge < -0.3 is 19.3 Å². The Hall–Kier alpha value is -2.41. The van der Waals surface area contributed by atoms with Crippen LogP contribution in [0.2, 0.25) is 0 Å². The number of hydrogen-bond acceptors (Lipinski definition) is 6. The first-order valence-corrected chi connectivity index (χ1v) is 8.50. The molecule has 7 nitrogen and oxygen atoms in total. The summed E-state index contributed by atoms with van der Waals surface area (Å²) in [6, 6.07) is 7.47. The van der Waals surface area contributed by atoms with E-state index in [-0.39, 0.29) is 11.9 Å². The summed E-state index contributed by atoms with van der Waals surface area (Å²) >= 11 is 0. The number of nitrogens with zero attached hydrogens (tertiary/aromatic N) is 3. The van der Waals surface area contributed by atoms with E-state index in [1.807, 2.05) is 31.2 Å². The van der Waals surface area contributed by atoms with Gasteiger partial charge in [-0.05, 0) is 38.0 Å². The zero-order valence-electron chi connectivity index (χ0n) is 14.5. The number of carbonyl (C=O) groups is 1. The summed E-state index contributed by atoms with van der Waals surface area (Å²) in [6.07, 6.45) is 0.814. The second-order valence-electron chi connectivity index (χ2n) is 6.40. The van der Waals surface area contributed by atoms with Gasteiger partial charge in [0.05, 0.1) is 12.7 Å². The molecule has 0 unspecified atom stereocenters. The average Bonchev–Trinajstić information content (AvgIpc) is 3.17. The fourth-order valence-corrected chi connectivity index (χ4v) is 3.03. The summed E-state index contributed by atoms with van der Waals surface area (Å²) in [4.78, 5) is 18.3. The molecule has 3 rings (SSSR count). The van der Waals surface area contributed by atoms with Gasteiger partial charge in [-0.15, -0.1) is 0 Å². The first kappa shape index (κ1) is 17.4. The Kier molecular flexibility index (Phi) is 5.33. The van der Waals surface area contributed by atoms with Crippen molar-refractivity contribution >= 4 is 5.91 Å². The molecule has 0 bridgehead atoms. The van der Waals surface area contributed by atoms with E-state index in [4.69, 9.17) is 9.26 Å². The third kappa shape index (κ3) is 4.36. The van der Waals surface area contributed by atoms with Gasteiger partial charge in [0.25, 0.3) is 0 Å². The normalized spacial score (nSPS) is 20.0. The highest BCUT2D eigenvalue weighted by Gasteiger charge is 2.38. The molecule has 0 aliphatic carbocycles. The quantitative estimate of drug-likeness (QED) is 0.807. The average molecular weight is 345 g/mol. The molecule has 1 amide bonds. The molecule has 2 aromatic rings. The number of aliphatic hydroxyl groups excluding tert-OH is 1. The number of likely N-dealkylation sites (tertiary alicyclic amines) is 1. The van der Waals surface area contributed by atoms with Crippen LogP contribution in [-0.2, 0) is 4.79 Å². The van der Waals surface area contributed by atoms with Crippen LogP contribution < -0.4 is 4.74 Å². The number of rotatable bonds is 6. The molecule has 0 radical (unpaired) electrons. The Morgan fingerprint density at radius 1 is 1.44 bits per heavy atom. The Morgan fingerprint density at radius 2 is 2.28 bits per heavy atom. The lowest BCUT2D eigenvalue weighted by molar-refractivity contribution is -0.133. The molecular weight excluding hydrogens is 322 g/mol. The van der Waals surface area contributed by atoms with Crippen molar-refractivity contribution in [3.05, 3.63) is 41.5 Å². The van der Waals surface area contributed by atoms with Gasteiger partial charge in [-0.1, -0.05) is 17.3 Å². The summed E-state index contributed by atoms with van der Waals surface area (Å²) in [6.45, 7) is 4.50. The molecular formula is C18H23N3O4. The molecule has 1 fully saturated rings. The van der Waals surface area contributed by atoms with Crippen LogP contribution >= 0.6 is 0 Å². The lowest BCUT2D eigenvalue weighted by Crippen LogP contribution is -2.32. The molecule has 2 atom stereocenters. The van der Waals surface area contributed by atoms with Crippen LogP contribution in [-0.4, -0.2) is 45.3 Å². The van der Waals surface area contributed by atoms with Gasteiger partial charge >= 0.3 is 0 Å². The number of aryl methyl sites for hydroxylation is 2. The van der Waals surface area contributed by atoms with E-state index in [1.54, 1.807) is 11.8 Å². The van der Waals surface area contributed by atoms with Crippen LogP contribution in [0.4, 0.5) is 0 Å². The highest BCUT2D eigenvalue weighted by molar-refractivity contribution is 5.77. The summed E-state index contributed by atoms with van der Waals surface area (Å²) < 4.78 is 10.9. The molecule has 25 heavy (non-hydrogen) atoms. The maximum atomic E-state index is 12.5. The number of benzene rings is 1. The predicted molar refractivity (Wildman–Crippen MR) is 90.0 cm³/mol. The molecule has 1 N–H and O–H groups in total. The summed E-state index contributed by atoms with van der Waals surface area (Å²) in [5.41, 5.74) is 1.14. The minimum Gasteiger partial charge on any atom is -0.494 e. The number of aromatic nitrogens is 2. The third-order valence-corrected chi connectivity index (χ3v) is 4.22. The Balaban J connectivity index is 1.51. The van der Waals surface area contributed by atoms with Crippen molar-refractivity contribution in [3.8, 4) is 5.75 Å². The lowest BCUT2D eigenvalue weighted by Gasteiger charge is -2.21. The number of aliphatic hydroxyl groups is 1. The van der Waals surface area contributed by atoms with Gasteiger partial charge in [0.1, 0.15) is 11.8 Å². The second kappa shape index (κ2) is 7.65. The van der Waals surface area contributed by atoms with Gasteiger partial charge in [0.2, 0.25) is 11.8 Å². The molecule has 134 valence electrons. The van der Waals surface area contributed by atoms with Crippen LogP contribution in [0.5, 0.6) is 5.75 Å². The number of carbonyl (C=O) groups excluding carboxylic acids is 1. The van der Waals surface area contributed by atoms with Crippen LogP contribution in [0.1, 0.15) is 42.6 Å². The second-order valence-corrected chi connectivity index (χ2v) is 6.40. The van der Waals surface area contributed by atoms with Gasteiger partial charge in [-0.25, -0.2) is 0 Å². The van der Waals surface area contributed by atoms with E-state index in [0.29, 0.717) is 44.1 Å². The Morgan fingerprint density at radius 3 is 3.00 bits per heavy atom. The van der Waals surface area contributed by atoms with Gasteiger partial charge in [-0.3, -0.25) is 4.79 Å². The van der Waals surface area contributed by atoms with Crippen molar-refractivity contribution in [2.45, 2.75) is 45.3 Å². The van der Waals surface area contributed by atoms with Crippen LogP contribution in [0.3, 0.4) is 0 Å². The predicted octanol–water partition coefficient (Wildman–Crippen LogP) is 2.18. The molecule has 1 aliphatic heterocycles. The van der Waals surface area contributed by atoms with Crippen LogP contribution in [0.15, 0.2) is 28.8 Å². The standard InChI is InChI=1S/C18H23N3O4/c1-12-5-3-6-15(9-12)24-8-4-7-17(23)21-11-14(22)10-16(21)18-19-13(2)20-25-18/h3,5-6,9,14,16,22H,4,7-8,10-11H2,1-2H3/t14-,16-/m1/s1. The molecule has 1 saturated heterocycles. The highest BCUT2D eigenvalue weighted by atomic mass is 16.5. The number of amides is 1. The lowest BCUT2D eigenvalue weighted by atomic mass is 10.2. The summed E-state index contributed by atoms with van der Waals surface area (Å²) in [7, 11) is 0. The van der Waals surface area contributed by atoms with E-state index in [9.17, 15) is 9.90 Å². The van der Waals surface area contributed by atoms with E-state index in [1.165, 1.54) is 0 Å². The fourth-order valence-electron chi connectivity index (χ4n) is 3.03. The number of ether oxygens (including phenoxy) is 1. The molecule has 1 aromatic heterocycles. The molecule has 2 heterocycles. The van der Waals surface area contributed by atoms with Gasteiger partial charge in [0.15, 0.2) is 5.82 Å². The molecule has 0 spiro atoms. The smallest absolute Gasteiger partial charge is 0.249 e. The maximum Gasteiger partial charge on any atom is 0.249 e. The van der Waals surface area contributed by atoms with E-state index in [0.717, 1.165) is 11.3 Å². The molecule has 0 saturated carbocycles. The van der Waals surface area contributed by atoms with Crippen molar-refractivity contribution in [3.63, 3.8) is 0 Å². The third-order valence-electron chi connectivity index (χ3n) is 4.22. The molecule has 7 heteroatoms. The zero-order valence-corrected chi connectivity index (χ0v) is 14.5. The Bertz CT molecular complexity index is 731. The monoisotopic (exact) mass is 345 g/mol. The minimum absolute atomic E-state index is 0.0368. The number of hydrogen-bond donors (Lipinski definition) is 1. The van der Waals surface area contributed by atoms with Crippen LogP contribution in [0.25, 0.3) is 0 Å². The Labute approximate surface area is 146 Å². The largest absolute Gasteiger partial charge is 0.494 e. The van der Waals surface area contributed by atoms with Gasteiger partial charge in [0, 0.05) is 19.4 Å². The van der Waals surface area contributed by atoms with E-state index >= 15 is 0 Å². The fraction of sp³-hybridized carbons (Fsp3) is 0.500. The van der Waals surface area contributed by atoms with Gasteiger partial charge in [-0.2, -0.15) is 4.98 Å². The van der Waals surface area contributed by atoms with Crippen molar-refractivity contribution in [2.24, 2.45) is 0 Å². The van der Waals surface area contributed by atoms with Crippen LogP contribution in [0, 0.1) is 13.8 Å². The summed E-state index contributed by atoms with van der Waals surface area (Å²) in [5.74, 6) is 1.68. The van der Waals surface area contributed by atoms with Crippen molar-refractivity contribution in [2.75, 3.05) is 13.2 Å². The summed E-state index contributed by atoms with van der Waals surface area (Å²) in [5, 5.41) is 13.7. The first-order chi connectivity index (χ1) is 12.0. The minimum atomic E-state index is -0.565. The SMILES string of the molecule is Cc1cccc(OCCCC(=O)N2C[C@H](O)C[C@@H]2c2nc(C)no2)c1. The zero-order chi connectivity index (χ0) is 17.8. The molecule has 1 aromatic carbocycles. The first-order valence-electron chi connectivity index (χ1n) is 8.50.